The predicted molar refractivity (Wildman–Crippen MR) is 61.9 cm³/mol. The van der Waals surface area contributed by atoms with Gasteiger partial charge in [-0.15, -0.1) is 0 Å². The molecule has 15 heavy (non-hydrogen) atoms. The van der Waals surface area contributed by atoms with Crippen molar-refractivity contribution >= 4 is 0 Å². The van der Waals surface area contributed by atoms with Crippen molar-refractivity contribution in [2.75, 3.05) is 6.54 Å². The molecule has 0 fully saturated rings. The van der Waals surface area contributed by atoms with Gasteiger partial charge in [-0.05, 0) is 19.9 Å². The molecule has 0 aromatic carbocycles. The summed E-state index contributed by atoms with van der Waals surface area (Å²) < 4.78 is 5.74. The Hall–Kier alpha value is -0.830. The van der Waals surface area contributed by atoms with Gasteiger partial charge < -0.3 is 9.73 Å². The molecule has 0 aliphatic carbocycles. The summed E-state index contributed by atoms with van der Waals surface area (Å²) in [5.74, 6) is 2.29. The van der Waals surface area contributed by atoms with Gasteiger partial charge in [0.2, 0.25) is 5.89 Å². The number of hydrogen-bond acceptors (Lipinski definition) is 3. The zero-order chi connectivity index (χ0) is 11.3. The van der Waals surface area contributed by atoms with Crippen molar-refractivity contribution in [3.05, 3.63) is 17.8 Å². The second kappa shape index (κ2) is 5.91. The Balaban J connectivity index is 2.62. The first-order valence-corrected chi connectivity index (χ1v) is 5.88. The fourth-order valence-electron chi connectivity index (χ4n) is 1.70. The molecular weight excluding hydrogens is 188 g/mol. The van der Waals surface area contributed by atoms with Gasteiger partial charge in [0.1, 0.15) is 5.76 Å². The van der Waals surface area contributed by atoms with E-state index in [2.05, 4.69) is 38.0 Å². The molecule has 1 aromatic rings. The standard InChI is InChI=1S/C12H22N2O/c1-5-7-9(3)11-8-14-12(15-11)10(4)13-6-2/h8-10,13H,5-7H2,1-4H3. The smallest absolute Gasteiger partial charge is 0.211 e. The molecule has 0 aliphatic rings. The molecule has 2 atom stereocenters. The molecule has 0 amide bonds. The third-order valence-electron chi connectivity index (χ3n) is 2.63. The van der Waals surface area contributed by atoms with E-state index in [1.54, 1.807) is 0 Å². The number of rotatable bonds is 6. The minimum atomic E-state index is 0.206. The molecule has 3 heteroatoms. The molecule has 0 bridgehead atoms. The second-order valence-electron chi connectivity index (χ2n) is 4.07. The first-order chi connectivity index (χ1) is 7.19. The van der Waals surface area contributed by atoms with Crippen molar-refractivity contribution in [3.63, 3.8) is 0 Å². The van der Waals surface area contributed by atoms with E-state index in [-0.39, 0.29) is 6.04 Å². The van der Waals surface area contributed by atoms with Crippen LogP contribution in [-0.4, -0.2) is 11.5 Å². The van der Waals surface area contributed by atoms with Crippen LogP contribution in [0.25, 0.3) is 0 Å². The highest BCUT2D eigenvalue weighted by molar-refractivity contribution is 5.02. The molecule has 2 unspecified atom stereocenters. The molecular formula is C12H22N2O. The monoisotopic (exact) mass is 210 g/mol. The van der Waals surface area contributed by atoms with E-state index in [0.29, 0.717) is 5.92 Å². The lowest BCUT2D eigenvalue weighted by molar-refractivity contribution is 0.380. The van der Waals surface area contributed by atoms with Crippen molar-refractivity contribution in [1.29, 1.82) is 0 Å². The molecule has 0 aliphatic heterocycles. The summed E-state index contributed by atoms with van der Waals surface area (Å²) in [6.45, 7) is 9.47. The lowest BCUT2D eigenvalue weighted by Crippen LogP contribution is -2.17. The van der Waals surface area contributed by atoms with Crippen LogP contribution < -0.4 is 5.32 Å². The average molecular weight is 210 g/mol. The number of hydrogen-bond donors (Lipinski definition) is 1. The van der Waals surface area contributed by atoms with E-state index < -0.39 is 0 Å². The third-order valence-corrected chi connectivity index (χ3v) is 2.63. The van der Waals surface area contributed by atoms with Gasteiger partial charge in [0.05, 0.1) is 12.2 Å². The van der Waals surface area contributed by atoms with Gasteiger partial charge in [0.25, 0.3) is 0 Å². The minimum absolute atomic E-state index is 0.206. The van der Waals surface area contributed by atoms with Crippen LogP contribution in [0.3, 0.4) is 0 Å². The fourth-order valence-corrected chi connectivity index (χ4v) is 1.70. The van der Waals surface area contributed by atoms with Gasteiger partial charge >= 0.3 is 0 Å². The van der Waals surface area contributed by atoms with Crippen LogP contribution in [0.2, 0.25) is 0 Å². The summed E-state index contributed by atoms with van der Waals surface area (Å²) >= 11 is 0. The van der Waals surface area contributed by atoms with Crippen molar-refractivity contribution in [2.45, 2.75) is 52.5 Å². The quantitative estimate of drug-likeness (QED) is 0.783. The molecule has 86 valence electrons. The number of nitrogens with zero attached hydrogens (tertiary/aromatic N) is 1. The predicted octanol–water partition coefficient (Wildman–Crippen LogP) is 3.25. The van der Waals surface area contributed by atoms with E-state index in [0.717, 1.165) is 24.6 Å². The molecule has 0 saturated heterocycles. The van der Waals surface area contributed by atoms with Gasteiger partial charge in [0, 0.05) is 5.92 Å². The van der Waals surface area contributed by atoms with Gasteiger partial charge in [-0.25, -0.2) is 4.98 Å². The number of oxazole rings is 1. The highest BCUT2D eigenvalue weighted by Crippen LogP contribution is 2.23. The molecule has 1 aromatic heterocycles. The first kappa shape index (κ1) is 12.2. The highest BCUT2D eigenvalue weighted by Gasteiger charge is 2.14. The van der Waals surface area contributed by atoms with Crippen LogP contribution in [0.15, 0.2) is 10.6 Å². The topological polar surface area (TPSA) is 38.1 Å². The van der Waals surface area contributed by atoms with Crippen LogP contribution in [0.1, 0.15) is 64.1 Å². The minimum Gasteiger partial charge on any atom is -0.444 e. The third kappa shape index (κ3) is 3.34. The largest absolute Gasteiger partial charge is 0.444 e. The van der Waals surface area contributed by atoms with Crippen LogP contribution in [0.5, 0.6) is 0 Å². The Labute approximate surface area is 92.3 Å². The molecule has 3 nitrogen and oxygen atoms in total. The van der Waals surface area contributed by atoms with Crippen LogP contribution >= 0.6 is 0 Å². The molecule has 0 spiro atoms. The summed E-state index contributed by atoms with van der Waals surface area (Å²) in [5, 5.41) is 3.29. The average Bonchev–Trinajstić information content (AvgIpc) is 2.67. The number of nitrogens with one attached hydrogen (secondary N) is 1. The van der Waals surface area contributed by atoms with Crippen LogP contribution in [0.4, 0.5) is 0 Å². The Morgan fingerprint density at radius 1 is 1.40 bits per heavy atom. The molecule has 0 radical (unpaired) electrons. The van der Waals surface area contributed by atoms with Crippen molar-refractivity contribution < 1.29 is 4.42 Å². The lowest BCUT2D eigenvalue weighted by Gasteiger charge is -2.08. The first-order valence-electron chi connectivity index (χ1n) is 5.88. The van der Waals surface area contributed by atoms with E-state index in [4.69, 9.17) is 4.42 Å². The number of aromatic nitrogens is 1. The van der Waals surface area contributed by atoms with Gasteiger partial charge in [-0.3, -0.25) is 0 Å². The molecule has 1 heterocycles. The summed E-state index contributed by atoms with van der Waals surface area (Å²) in [6, 6.07) is 0.206. The Morgan fingerprint density at radius 2 is 2.13 bits per heavy atom. The Bertz CT molecular complexity index is 256. The maximum Gasteiger partial charge on any atom is 0.211 e. The van der Waals surface area contributed by atoms with Gasteiger partial charge in [-0.2, -0.15) is 0 Å². The van der Waals surface area contributed by atoms with E-state index in [1.165, 1.54) is 6.42 Å². The van der Waals surface area contributed by atoms with Gasteiger partial charge in [-0.1, -0.05) is 27.2 Å². The summed E-state index contributed by atoms with van der Waals surface area (Å²) in [5.41, 5.74) is 0. The molecule has 1 rings (SSSR count). The normalized spacial score (nSPS) is 15.2. The summed E-state index contributed by atoms with van der Waals surface area (Å²) in [4.78, 5) is 4.31. The zero-order valence-electron chi connectivity index (χ0n) is 10.2. The Morgan fingerprint density at radius 3 is 2.73 bits per heavy atom. The second-order valence-corrected chi connectivity index (χ2v) is 4.07. The van der Waals surface area contributed by atoms with Crippen molar-refractivity contribution in [1.82, 2.24) is 10.3 Å². The highest BCUT2D eigenvalue weighted by atomic mass is 16.4. The summed E-state index contributed by atoms with van der Waals surface area (Å²) in [7, 11) is 0. The Kier molecular flexibility index (Phi) is 4.82. The van der Waals surface area contributed by atoms with Gasteiger partial charge in [0.15, 0.2) is 0 Å². The van der Waals surface area contributed by atoms with E-state index in [1.807, 2.05) is 6.20 Å². The van der Waals surface area contributed by atoms with E-state index in [9.17, 15) is 0 Å². The van der Waals surface area contributed by atoms with Crippen LogP contribution in [0, 0.1) is 0 Å². The van der Waals surface area contributed by atoms with E-state index >= 15 is 0 Å². The SMILES string of the molecule is CCCC(C)c1cnc(C(C)NCC)o1. The zero-order valence-corrected chi connectivity index (χ0v) is 10.2. The van der Waals surface area contributed by atoms with Crippen molar-refractivity contribution in [2.24, 2.45) is 0 Å². The lowest BCUT2D eigenvalue weighted by atomic mass is 10.0. The fraction of sp³-hybridized carbons (Fsp3) is 0.750. The molecule has 0 saturated carbocycles. The maximum atomic E-state index is 5.74. The van der Waals surface area contributed by atoms with Crippen LogP contribution in [-0.2, 0) is 0 Å². The summed E-state index contributed by atoms with van der Waals surface area (Å²) in [6.07, 6.45) is 4.20. The maximum absolute atomic E-state index is 5.74. The molecule has 1 N–H and O–H groups in total. The van der Waals surface area contributed by atoms with Crippen molar-refractivity contribution in [3.8, 4) is 0 Å².